The highest BCUT2D eigenvalue weighted by Crippen LogP contribution is 2.28. The zero-order chi connectivity index (χ0) is 10.8. The molecule has 1 heterocycles. The monoisotopic (exact) mass is 315 g/mol. The quantitative estimate of drug-likeness (QED) is 0.607. The lowest BCUT2D eigenvalue weighted by Gasteiger charge is -2.24. The molecule has 1 saturated heterocycles. The minimum atomic E-state index is 0.207. The van der Waals surface area contributed by atoms with Gasteiger partial charge in [-0.05, 0) is 12.5 Å². The van der Waals surface area contributed by atoms with Crippen LogP contribution in [0.3, 0.4) is 0 Å². The molecule has 80 valence electrons. The summed E-state index contributed by atoms with van der Waals surface area (Å²) in [5.41, 5.74) is 1.22. The molecule has 15 heavy (non-hydrogen) atoms. The van der Waals surface area contributed by atoms with Gasteiger partial charge in [0, 0.05) is 16.9 Å². The lowest BCUT2D eigenvalue weighted by atomic mass is 10.1. The molecule has 1 unspecified atom stereocenters. The number of halogens is 1. The molecule has 0 radical (unpaired) electrons. The van der Waals surface area contributed by atoms with E-state index in [9.17, 15) is 4.79 Å². The van der Waals surface area contributed by atoms with Gasteiger partial charge < -0.3 is 4.90 Å². The van der Waals surface area contributed by atoms with Gasteiger partial charge in [0.2, 0.25) is 5.91 Å². The minimum Gasteiger partial charge on any atom is -0.335 e. The van der Waals surface area contributed by atoms with Gasteiger partial charge in [-0.25, -0.2) is 0 Å². The fraction of sp³-hybridized carbons (Fsp3) is 0.417. The number of nitrogens with zero attached hydrogens (tertiary/aromatic N) is 1. The average Bonchev–Trinajstić information content (AvgIpc) is 2.58. The first kappa shape index (κ1) is 10.9. The van der Waals surface area contributed by atoms with Gasteiger partial charge in [-0.3, -0.25) is 4.79 Å². The summed E-state index contributed by atoms with van der Waals surface area (Å²) in [4.78, 5) is 13.7. The molecular weight excluding hydrogens is 301 g/mol. The normalized spacial score (nSPS) is 23.2. The summed E-state index contributed by atoms with van der Waals surface area (Å²) in [5.74, 6) is 0.283. The van der Waals surface area contributed by atoms with Crippen LogP contribution in [0, 0.1) is 0 Å². The largest absolute Gasteiger partial charge is 0.335 e. The van der Waals surface area contributed by atoms with Gasteiger partial charge in [-0.1, -0.05) is 52.9 Å². The van der Waals surface area contributed by atoms with E-state index in [1.165, 1.54) is 5.56 Å². The Kier molecular flexibility index (Phi) is 3.29. The number of hydrogen-bond donors (Lipinski definition) is 0. The van der Waals surface area contributed by atoms with Gasteiger partial charge >= 0.3 is 0 Å². The molecule has 0 spiro atoms. The van der Waals surface area contributed by atoms with Crippen LogP contribution in [0.5, 0.6) is 0 Å². The van der Waals surface area contributed by atoms with Crippen molar-refractivity contribution in [3.63, 3.8) is 0 Å². The first-order chi connectivity index (χ1) is 7.18. The molecule has 1 aliphatic rings. The van der Waals surface area contributed by atoms with E-state index in [0.717, 1.165) is 6.54 Å². The molecule has 0 saturated carbocycles. The van der Waals surface area contributed by atoms with Crippen LogP contribution < -0.4 is 0 Å². The molecule has 2 rings (SSSR count). The van der Waals surface area contributed by atoms with E-state index < -0.39 is 0 Å². The van der Waals surface area contributed by atoms with Gasteiger partial charge in [0.05, 0.1) is 6.04 Å². The predicted octanol–water partition coefficient (Wildman–Crippen LogP) is 2.78. The van der Waals surface area contributed by atoms with Crippen LogP contribution in [-0.2, 0) is 4.79 Å². The number of likely N-dealkylation sites (tertiary alicyclic amines) is 1. The van der Waals surface area contributed by atoms with Crippen LogP contribution in [0.1, 0.15) is 24.9 Å². The topological polar surface area (TPSA) is 20.3 Å². The summed E-state index contributed by atoms with van der Waals surface area (Å²) in [6.45, 7) is 2.98. The summed E-state index contributed by atoms with van der Waals surface area (Å²) >= 11 is 2.35. The van der Waals surface area contributed by atoms with Crippen LogP contribution in [0.2, 0.25) is 0 Å². The third-order valence-corrected chi connectivity index (χ3v) is 3.70. The van der Waals surface area contributed by atoms with E-state index in [0.29, 0.717) is 10.3 Å². The number of carbonyl (C=O) groups is 1. The van der Waals surface area contributed by atoms with Crippen molar-refractivity contribution in [2.45, 2.75) is 23.3 Å². The molecule has 2 atom stereocenters. The van der Waals surface area contributed by atoms with Crippen molar-refractivity contribution in [2.24, 2.45) is 0 Å². The lowest BCUT2D eigenvalue weighted by molar-refractivity contribution is -0.129. The maximum Gasteiger partial charge on any atom is 0.224 e. The van der Waals surface area contributed by atoms with Gasteiger partial charge in [0.25, 0.3) is 0 Å². The zero-order valence-electron chi connectivity index (χ0n) is 8.69. The van der Waals surface area contributed by atoms with E-state index in [-0.39, 0.29) is 11.9 Å². The number of alkyl halides is 1. The molecule has 0 aliphatic carbocycles. The molecule has 0 aromatic heterocycles. The smallest absolute Gasteiger partial charge is 0.224 e. The number of benzene rings is 1. The highest BCUT2D eigenvalue weighted by molar-refractivity contribution is 14.1. The second-order valence-corrected chi connectivity index (χ2v) is 5.70. The van der Waals surface area contributed by atoms with Crippen LogP contribution in [0.25, 0.3) is 0 Å². The van der Waals surface area contributed by atoms with Gasteiger partial charge in [-0.2, -0.15) is 0 Å². The SMILES string of the molecule is C[C@H](c1ccccc1)N1CC(I)CC1=O. The molecule has 1 aromatic rings. The van der Waals surface area contributed by atoms with Gasteiger partial charge in [0.1, 0.15) is 0 Å². The molecular formula is C12H14INO. The Morgan fingerprint density at radius 2 is 2.07 bits per heavy atom. The molecule has 1 aromatic carbocycles. The van der Waals surface area contributed by atoms with E-state index in [2.05, 4.69) is 41.6 Å². The third kappa shape index (κ3) is 2.33. The van der Waals surface area contributed by atoms with Crippen molar-refractivity contribution in [2.75, 3.05) is 6.54 Å². The van der Waals surface area contributed by atoms with E-state index in [1.807, 2.05) is 23.1 Å². The summed E-state index contributed by atoms with van der Waals surface area (Å²) in [7, 11) is 0. The lowest BCUT2D eigenvalue weighted by Crippen LogP contribution is -2.28. The third-order valence-electron chi connectivity index (χ3n) is 2.86. The number of carbonyl (C=O) groups excluding carboxylic acids is 1. The summed E-state index contributed by atoms with van der Waals surface area (Å²) in [5, 5.41) is 0. The Labute approximate surface area is 104 Å². The highest BCUT2D eigenvalue weighted by Gasteiger charge is 2.31. The molecule has 0 N–H and O–H groups in total. The van der Waals surface area contributed by atoms with Crippen molar-refractivity contribution in [3.05, 3.63) is 35.9 Å². The first-order valence-corrected chi connectivity index (χ1v) is 6.41. The van der Waals surface area contributed by atoms with Crippen LogP contribution in [0.4, 0.5) is 0 Å². The standard InChI is InChI=1S/C12H14INO/c1-9(10-5-3-2-4-6-10)14-8-11(13)7-12(14)15/h2-6,9,11H,7-8H2,1H3/t9-,11?/m1/s1. The molecule has 1 aliphatic heterocycles. The van der Waals surface area contributed by atoms with Crippen molar-refractivity contribution < 1.29 is 4.79 Å². The van der Waals surface area contributed by atoms with Crippen LogP contribution >= 0.6 is 22.6 Å². The molecule has 1 fully saturated rings. The molecule has 1 amide bonds. The van der Waals surface area contributed by atoms with Crippen molar-refractivity contribution >= 4 is 28.5 Å². The maximum atomic E-state index is 11.7. The molecule has 3 heteroatoms. The zero-order valence-corrected chi connectivity index (χ0v) is 10.8. The number of amides is 1. The maximum absolute atomic E-state index is 11.7. The predicted molar refractivity (Wildman–Crippen MR) is 69.0 cm³/mol. The summed E-state index contributed by atoms with van der Waals surface area (Å²) in [6.07, 6.45) is 0.692. The van der Waals surface area contributed by atoms with Crippen LogP contribution in [-0.4, -0.2) is 21.3 Å². The highest BCUT2D eigenvalue weighted by atomic mass is 127. The van der Waals surface area contributed by atoms with Crippen molar-refractivity contribution in [1.29, 1.82) is 0 Å². The van der Waals surface area contributed by atoms with Crippen molar-refractivity contribution in [1.82, 2.24) is 4.90 Å². The van der Waals surface area contributed by atoms with E-state index >= 15 is 0 Å². The molecule has 2 nitrogen and oxygen atoms in total. The van der Waals surface area contributed by atoms with Gasteiger partial charge in [0.15, 0.2) is 0 Å². The molecule has 0 bridgehead atoms. The van der Waals surface area contributed by atoms with Crippen LogP contribution in [0.15, 0.2) is 30.3 Å². The fourth-order valence-electron chi connectivity index (χ4n) is 1.97. The Hall–Kier alpha value is -0.580. The first-order valence-electron chi connectivity index (χ1n) is 5.17. The fourth-order valence-corrected chi connectivity index (χ4v) is 2.77. The van der Waals surface area contributed by atoms with E-state index in [1.54, 1.807) is 0 Å². The second kappa shape index (κ2) is 4.51. The summed E-state index contributed by atoms with van der Waals surface area (Å²) < 4.78 is 0.473. The van der Waals surface area contributed by atoms with E-state index in [4.69, 9.17) is 0 Å². The Morgan fingerprint density at radius 1 is 1.40 bits per heavy atom. The summed E-state index contributed by atoms with van der Waals surface area (Å²) in [6, 6.07) is 10.4. The van der Waals surface area contributed by atoms with Crippen molar-refractivity contribution in [3.8, 4) is 0 Å². The average molecular weight is 315 g/mol. The number of rotatable bonds is 2. The van der Waals surface area contributed by atoms with Gasteiger partial charge in [-0.15, -0.1) is 0 Å². The Morgan fingerprint density at radius 3 is 2.60 bits per heavy atom. The Balaban J connectivity index is 2.15. The minimum absolute atomic E-state index is 0.207. The second-order valence-electron chi connectivity index (χ2n) is 3.93. The Bertz CT molecular complexity index is 352. The number of hydrogen-bond acceptors (Lipinski definition) is 1.